The molecule has 1 N–H and O–H groups in total. The van der Waals surface area contributed by atoms with E-state index in [2.05, 4.69) is 20.4 Å². The zero-order chi connectivity index (χ0) is 18.1. The molecule has 0 aromatic carbocycles. The summed E-state index contributed by atoms with van der Waals surface area (Å²) in [5, 5.41) is 10.7. The normalized spacial score (nSPS) is 40.9. The zero-order valence-electron chi connectivity index (χ0n) is 15.7. The van der Waals surface area contributed by atoms with E-state index in [9.17, 15) is 0 Å². The highest BCUT2D eigenvalue weighted by atomic mass is 32.2. The standard InChI is InChI=1S/C17H30N4O5S/c1-3-21(26-7-1)17(16-18-2-8-25-16)14(15-23-11-12-24-15)27-13-6-20(17)19-4-9-22-10-5-19/h14-16,18H,1-13H2. The molecule has 5 aliphatic heterocycles. The third kappa shape index (κ3) is 3.33. The van der Waals surface area contributed by atoms with Crippen LogP contribution in [0.15, 0.2) is 0 Å². The summed E-state index contributed by atoms with van der Waals surface area (Å²) in [6, 6.07) is 0. The van der Waals surface area contributed by atoms with Crippen molar-refractivity contribution in [3.63, 3.8) is 0 Å². The molecule has 0 amide bonds. The summed E-state index contributed by atoms with van der Waals surface area (Å²) in [7, 11) is 0. The summed E-state index contributed by atoms with van der Waals surface area (Å²) in [5.41, 5.74) is -0.512. The largest absolute Gasteiger partial charge is 0.379 e. The molecule has 5 fully saturated rings. The zero-order valence-corrected chi connectivity index (χ0v) is 16.5. The van der Waals surface area contributed by atoms with Gasteiger partial charge >= 0.3 is 0 Å². The van der Waals surface area contributed by atoms with Crippen LogP contribution < -0.4 is 5.32 Å². The molecule has 3 atom stereocenters. The molecule has 0 aromatic heterocycles. The van der Waals surface area contributed by atoms with Crippen LogP contribution in [0.25, 0.3) is 0 Å². The van der Waals surface area contributed by atoms with Gasteiger partial charge in [-0.15, -0.1) is 11.8 Å². The highest BCUT2D eigenvalue weighted by Crippen LogP contribution is 2.46. The minimum absolute atomic E-state index is 0.0605. The number of ether oxygens (including phenoxy) is 4. The van der Waals surface area contributed by atoms with Crippen LogP contribution in [0.3, 0.4) is 0 Å². The minimum Gasteiger partial charge on any atom is -0.379 e. The first-order chi connectivity index (χ1) is 13.4. The molecule has 5 saturated heterocycles. The Kier molecular flexibility index (Phi) is 5.90. The van der Waals surface area contributed by atoms with Gasteiger partial charge < -0.3 is 18.9 Å². The Morgan fingerprint density at radius 2 is 1.74 bits per heavy atom. The van der Waals surface area contributed by atoms with Gasteiger partial charge in [0, 0.05) is 38.5 Å². The van der Waals surface area contributed by atoms with Gasteiger partial charge in [0.25, 0.3) is 0 Å². The molecule has 10 heteroatoms. The maximum Gasteiger partial charge on any atom is 0.172 e. The molecule has 27 heavy (non-hydrogen) atoms. The second-order valence-electron chi connectivity index (χ2n) is 7.37. The van der Waals surface area contributed by atoms with E-state index < -0.39 is 5.66 Å². The van der Waals surface area contributed by atoms with Crippen molar-refractivity contribution in [2.75, 3.05) is 78.1 Å². The van der Waals surface area contributed by atoms with Gasteiger partial charge in [0.2, 0.25) is 0 Å². The van der Waals surface area contributed by atoms with E-state index in [4.69, 9.17) is 23.8 Å². The Morgan fingerprint density at radius 1 is 0.889 bits per heavy atom. The maximum absolute atomic E-state index is 6.26. The summed E-state index contributed by atoms with van der Waals surface area (Å²) in [6.07, 6.45) is 0.605. The van der Waals surface area contributed by atoms with Crippen molar-refractivity contribution in [1.29, 1.82) is 0 Å². The van der Waals surface area contributed by atoms with Crippen LogP contribution in [-0.2, 0) is 23.8 Å². The molecule has 0 aromatic rings. The fourth-order valence-electron chi connectivity index (χ4n) is 4.82. The predicted octanol–water partition coefficient (Wildman–Crippen LogP) is -0.697. The molecule has 5 rings (SSSR count). The summed E-state index contributed by atoms with van der Waals surface area (Å²) in [6.45, 7) is 8.68. The van der Waals surface area contributed by atoms with Crippen molar-refractivity contribution >= 4 is 11.8 Å². The Bertz CT molecular complexity index is 478. The van der Waals surface area contributed by atoms with Crippen LogP contribution in [-0.4, -0.2) is 117 Å². The van der Waals surface area contributed by atoms with Crippen molar-refractivity contribution in [3.8, 4) is 0 Å². The van der Waals surface area contributed by atoms with Gasteiger partial charge in [0.15, 0.2) is 12.0 Å². The van der Waals surface area contributed by atoms with Crippen molar-refractivity contribution in [2.24, 2.45) is 0 Å². The van der Waals surface area contributed by atoms with Crippen molar-refractivity contribution in [1.82, 2.24) is 20.4 Å². The first kappa shape index (κ1) is 19.0. The van der Waals surface area contributed by atoms with E-state index in [0.717, 1.165) is 64.7 Å². The number of rotatable bonds is 4. The predicted molar refractivity (Wildman–Crippen MR) is 98.8 cm³/mol. The van der Waals surface area contributed by atoms with Gasteiger partial charge in [0.1, 0.15) is 6.23 Å². The molecule has 9 nitrogen and oxygen atoms in total. The molecule has 0 saturated carbocycles. The first-order valence-corrected chi connectivity index (χ1v) is 11.2. The lowest BCUT2D eigenvalue weighted by Crippen LogP contribution is -2.80. The number of nitrogens with zero attached hydrogens (tertiary/aromatic N) is 3. The van der Waals surface area contributed by atoms with Gasteiger partial charge in [-0.3, -0.25) is 10.2 Å². The minimum atomic E-state index is -0.512. The van der Waals surface area contributed by atoms with Crippen LogP contribution in [0.4, 0.5) is 0 Å². The molecule has 5 aliphatic rings. The first-order valence-electron chi connectivity index (χ1n) is 10.1. The quantitative estimate of drug-likeness (QED) is 0.653. The van der Waals surface area contributed by atoms with Gasteiger partial charge in [0.05, 0.1) is 44.9 Å². The monoisotopic (exact) mass is 402 g/mol. The highest BCUT2D eigenvalue weighted by molar-refractivity contribution is 8.00. The van der Waals surface area contributed by atoms with E-state index in [1.54, 1.807) is 0 Å². The Labute approximate surface area is 164 Å². The van der Waals surface area contributed by atoms with Crippen LogP contribution in [0.2, 0.25) is 0 Å². The molecular formula is C17H30N4O5S. The summed E-state index contributed by atoms with van der Waals surface area (Å²) < 4.78 is 23.9. The number of morpholine rings is 1. The van der Waals surface area contributed by atoms with Gasteiger partial charge in [-0.25, -0.2) is 10.0 Å². The number of thioether (sulfide) groups is 1. The number of hydroxylamine groups is 2. The lowest BCUT2D eigenvalue weighted by molar-refractivity contribution is -0.328. The maximum atomic E-state index is 6.26. The summed E-state index contributed by atoms with van der Waals surface area (Å²) in [4.78, 5) is 6.21. The smallest absolute Gasteiger partial charge is 0.172 e. The van der Waals surface area contributed by atoms with Crippen LogP contribution >= 0.6 is 11.8 Å². The van der Waals surface area contributed by atoms with E-state index >= 15 is 0 Å². The van der Waals surface area contributed by atoms with Crippen LogP contribution in [0.1, 0.15) is 6.42 Å². The lowest BCUT2D eigenvalue weighted by atomic mass is 9.99. The molecule has 5 heterocycles. The fraction of sp³-hybridized carbons (Fsp3) is 1.00. The average Bonchev–Trinajstić information content (AvgIpc) is 3.51. The van der Waals surface area contributed by atoms with E-state index in [1.165, 1.54) is 0 Å². The summed E-state index contributed by atoms with van der Waals surface area (Å²) in [5.74, 6) is 1.02. The number of hydrogen-bond acceptors (Lipinski definition) is 10. The highest BCUT2D eigenvalue weighted by Gasteiger charge is 2.63. The summed E-state index contributed by atoms with van der Waals surface area (Å²) >= 11 is 1.92. The molecule has 154 valence electrons. The van der Waals surface area contributed by atoms with Gasteiger partial charge in [-0.05, 0) is 6.42 Å². The van der Waals surface area contributed by atoms with Gasteiger partial charge in [-0.2, -0.15) is 5.06 Å². The SMILES string of the molecule is C1CON(C2(C3NCCO3)C(C3OCCO3)SCCN2N2CCOCC2)C1. The Hall–Kier alpha value is -0.0100. The topological polar surface area (TPSA) is 67.9 Å². The van der Waals surface area contributed by atoms with Crippen molar-refractivity contribution in [2.45, 2.75) is 29.9 Å². The van der Waals surface area contributed by atoms with E-state index in [-0.39, 0.29) is 17.8 Å². The fourth-order valence-corrected chi connectivity index (χ4v) is 6.28. The second-order valence-corrected chi connectivity index (χ2v) is 8.62. The number of nitrogens with one attached hydrogen (secondary N) is 1. The van der Waals surface area contributed by atoms with Crippen molar-refractivity contribution < 1.29 is 23.8 Å². The Morgan fingerprint density at radius 3 is 2.44 bits per heavy atom. The molecule has 0 radical (unpaired) electrons. The Balaban J connectivity index is 1.56. The third-order valence-corrected chi connectivity index (χ3v) is 7.26. The number of hydrogen-bond donors (Lipinski definition) is 1. The lowest BCUT2D eigenvalue weighted by Gasteiger charge is -2.60. The molecule has 0 aliphatic carbocycles. The molecule has 0 bridgehead atoms. The number of hydrazine groups is 1. The second kappa shape index (κ2) is 8.39. The van der Waals surface area contributed by atoms with Crippen LogP contribution in [0, 0.1) is 0 Å². The van der Waals surface area contributed by atoms with E-state index in [0.29, 0.717) is 19.8 Å². The van der Waals surface area contributed by atoms with Crippen LogP contribution in [0.5, 0.6) is 0 Å². The molecule has 0 spiro atoms. The third-order valence-electron chi connectivity index (χ3n) is 5.91. The van der Waals surface area contributed by atoms with Crippen molar-refractivity contribution in [3.05, 3.63) is 0 Å². The molecular weight excluding hydrogens is 372 g/mol. The van der Waals surface area contributed by atoms with Gasteiger partial charge in [-0.1, -0.05) is 0 Å². The average molecular weight is 403 g/mol. The molecule has 3 unspecified atom stereocenters. The van der Waals surface area contributed by atoms with E-state index in [1.807, 2.05) is 11.8 Å².